The molecule has 0 saturated carbocycles. The predicted molar refractivity (Wildman–Crippen MR) is 65.8 cm³/mol. The Morgan fingerprint density at radius 2 is 2.06 bits per heavy atom. The van der Waals surface area contributed by atoms with E-state index >= 15 is 0 Å². The van der Waals surface area contributed by atoms with Crippen LogP contribution in [0.1, 0.15) is 17.0 Å². The summed E-state index contributed by atoms with van der Waals surface area (Å²) in [7, 11) is 3.68. The Balaban J connectivity index is 2.29. The summed E-state index contributed by atoms with van der Waals surface area (Å²) in [5.41, 5.74) is 2.47. The molecule has 2 rings (SSSR count). The molecule has 0 fully saturated rings. The molecule has 0 spiro atoms. The lowest BCUT2D eigenvalue weighted by Gasteiger charge is -2.18. The molecule has 0 bridgehead atoms. The third-order valence-corrected chi connectivity index (χ3v) is 3.02. The van der Waals surface area contributed by atoms with Crippen molar-refractivity contribution in [3.8, 4) is 11.5 Å². The quantitative estimate of drug-likeness (QED) is 0.845. The van der Waals surface area contributed by atoms with E-state index in [1.54, 1.807) is 7.11 Å². The first-order valence-corrected chi connectivity index (χ1v) is 5.80. The Kier molecular flexibility index (Phi) is 3.86. The zero-order valence-electron chi connectivity index (χ0n) is 10.6. The molecule has 94 valence electrons. The molecule has 0 aliphatic carbocycles. The second kappa shape index (κ2) is 5.38. The highest BCUT2D eigenvalue weighted by molar-refractivity contribution is 5.49. The number of hydrogen-bond acceptors (Lipinski definition) is 4. The van der Waals surface area contributed by atoms with Crippen LogP contribution in [-0.2, 0) is 4.74 Å². The molecular weight excluding hydrogens is 218 g/mol. The van der Waals surface area contributed by atoms with Gasteiger partial charge in [-0.05, 0) is 37.2 Å². The third-order valence-electron chi connectivity index (χ3n) is 3.02. The zero-order valence-corrected chi connectivity index (χ0v) is 10.6. The van der Waals surface area contributed by atoms with Crippen LogP contribution in [0.25, 0.3) is 0 Å². The molecule has 0 saturated heterocycles. The second-order valence-electron chi connectivity index (χ2n) is 4.27. The van der Waals surface area contributed by atoms with E-state index in [-0.39, 0.29) is 0 Å². The largest absolute Gasteiger partial charge is 0.454 e. The lowest BCUT2D eigenvalue weighted by atomic mass is 9.94. The standard InChI is InChI=1S/C13H19NO3/c1-9-4-12-13(17-8-16-12)5-11(9)10(6-14-2)7-15-3/h4-5,10,14H,6-8H2,1-3H3. The Morgan fingerprint density at radius 3 is 2.71 bits per heavy atom. The first kappa shape index (κ1) is 12.2. The van der Waals surface area contributed by atoms with Crippen LogP contribution >= 0.6 is 0 Å². The molecule has 0 aromatic heterocycles. The van der Waals surface area contributed by atoms with Crippen molar-refractivity contribution in [2.75, 3.05) is 34.1 Å². The van der Waals surface area contributed by atoms with Crippen molar-refractivity contribution in [1.29, 1.82) is 0 Å². The summed E-state index contributed by atoms with van der Waals surface area (Å²) in [6, 6.07) is 4.11. The monoisotopic (exact) mass is 237 g/mol. The smallest absolute Gasteiger partial charge is 0.231 e. The van der Waals surface area contributed by atoms with Crippen molar-refractivity contribution in [3.05, 3.63) is 23.3 Å². The van der Waals surface area contributed by atoms with E-state index in [9.17, 15) is 0 Å². The Bertz CT molecular complexity index is 386. The number of aryl methyl sites for hydroxylation is 1. The van der Waals surface area contributed by atoms with Gasteiger partial charge >= 0.3 is 0 Å². The summed E-state index contributed by atoms with van der Waals surface area (Å²) in [4.78, 5) is 0. The number of benzene rings is 1. The molecule has 4 nitrogen and oxygen atoms in total. The number of fused-ring (bicyclic) bond motifs is 1. The van der Waals surface area contributed by atoms with E-state index in [4.69, 9.17) is 14.2 Å². The van der Waals surface area contributed by atoms with Crippen LogP contribution in [0.5, 0.6) is 11.5 Å². The van der Waals surface area contributed by atoms with Gasteiger partial charge in [0.2, 0.25) is 6.79 Å². The molecule has 0 radical (unpaired) electrons. The lowest BCUT2D eigenvalue weighted by Crippen LogP contribution is -2.21. The Labute approximate surface area is 102 Å². The van der Waals surface area contributed by atoms with Crippen LogP contribution in [0.15, 0.2) is 12.1 Å². The number of rotatable bonds is 5. The van der Waals surface area contributed by atoms with Crippen molar-refractivity contribution >= 4 is 0 Å². The molecule has 1 aliphatic heterocycles. The van der Waals surface area contributed by atoms with Crippen molar-refractivity contribution in [3.63, 3.8) is 0 Å². The van der Waals surface area contributed by atoms with Crippen molar-refractivity contribution in [2.24, 2.45) is 0 Å². The fraction of sp³-hybridized carbons (Fsp3) is 0.538. The van der Waals surface area contributed by atoms with E-state index in [1.165, 1.54) is 11.1 Å². The molecule has 1 aromatic rings. The van der Waals surface area contributed by atoms with E-state index in [0.29, 0.717) is 19.3 Å². The van der Waals surface area contributed by atoms with Gasteiger partial charge in [-0.1, -0.05) is 0 Å². The maximum absolute atomic E-state index is 5.42. The molecule has 1 N–H and O–H groups in total. The van der Waals surface area contributed by atoms with Gasteiger partial charge in [-0.15, -0.1) is 0 Å². The van der Waals surface area contributed by atoms with Crippen LogP contribution in [0.2, 0.25) is 0 Å². The first-order chi connectivity index (χ1) is 8.26. The van der Waals surface area contributed by atoms with Gasteiger partial charge in [-0.2, -0.15) is 0 Å². The summed E-state index contributed by atoms with van der Waals surface area (Å²) >= 11 is 0. The second-order valence-corrected chi connectivity index (χ2v) is 4.27. The molecule has 1 atom stereocenters. The number of nitrogens with one attached hydrogen (secondary N) is 1. The first-order valence-electron chi connectivity index (χ1n) is 5.80. The summed E-state index contributed by atoms with van der Waals surface area (Å²) in [5.74, 6) is 2.01. The summed E-state index contributed by atoms with van der Waals surface area (Å²) in [6.45, 7) is 3.99. The molecule has 4 heteroatoms. The minimum absolute atomic E-state index is 0.319. The van der Waals surface area contributed by atoms with Crippen LogP contribution in [-0.4, -0.2) is 34.1 Å². The Hall–Kier alpha value is -1.26. The van der Waals surface area contributed by atoms with Gasteiger partial charge in [0.1, 0.15) is 0 Å². The van der Waals surface area contributed by atoms with Gasteiger partial charge < -0.3 is 19.5 Å². The minimum Gasteiger partial charge on any atom is -0.454 e. The topological polar surface area (TPSA) is 39.7 Å². The zero-order chi connectivity index (χ0) is 12.3. The van der Waals surface area contributed by atoms with E-state index in [0.717, 1.165) is 18.0 Å². The average Bonchev–Trinajstić information content (AvgIpc) is 2.74. The van der Waals surface area contributed by atoms with Gasteiger partial charge in [-0.3, -0.25) is 0 Å². The highest BCUT2D eigenvalue weighted by Gasteiger charge is 2.20. The fourth-order valence-electron chi connectivity index (χ4n) is 2.21. The number of methoxy groups -OCH3 is 1. The minimum atomic E-state index is 0.319. The highest BCUT2D eigenvalue weighted by Crippen LogP contribution is 2.36. The van der Waals surface area contributed by atoms with Crippen LogP contribution < -0.4 is 14.8 Å². The maximum atomic E-state index is 5.42. The van der Waals surface area contributed by atoms with E-state index < -0.39 is 0 Å². The molecule has 0 amide bonds. The molecule has 17 heavy (non-hydrogen) atoms. The molecule has 1 unspecified atom stereocenters. The van der Waals surface area contributed by atoms with E-state index in [1.807, 2.05) is 13.1 Å². The lowest BCUT2D eigenvalue weighted by molar-refractivity contribution is 0.173. The molecule has 1 aromatic carbocycles. The normalized spacial score (nSPS) is 15.0. The van der Waals surface area contributed by atoms with Crippen LogP contribution in [0.3, 0.4) is 0 Å². The molecular formula is C13H19NO3. The van der Waals surface area contributed by atoms with Crippen molar-refractivity contribution in [2.45, 2.75) is 12.8 Å². The fourth-order valence-corrected chi connectivity index (χ4v) is 2.21. The third kappa shape index (κ3) is 2.53. The number of likely N-dealkylation sites (N-methyl/N-ethyl adjacent to an activating group) is 1. The average molecular weight is 237 g/mol. The maximum Gasteiger partial charge on any atom is 0.231 e. The van der Waals surface area contributed by atoms with Gasteiger partial charge in [0.05, 0.1) is 6.61 Å². The predicted octanol–water partition coefficient (Wildman–Crippen LogP) is 1.67. The van der Waals surface area contributed by atoms with E-state index in [2.05, 4.69) is 18.3 Å². The Morgan fingerprint density at radius 1 is 1.35 bits per heavy atom. The molecule has 1 aliphatic rings. The summed E-state index contributed by atoms with van der Waals surface area (Å²) < 4.78 is 16.1. The number of hydrogen-bond donors (Lipinski definition) is 1. The summed E-state index contributed by atoms with van der Waals surface area (Å²) in [5, 5.41) is 3.19. The SMILES string of the molecule is CNCC(COC)c1cc2c(cc1C)OCO2. The van der Waals surface area contributed by atoms with Gasteiger partial charge in [-0.25, -0.2) is 0 Å². The van der Waals surface area contributed by atoms with Crippen LogP contribution in [0.4, 0.5) is 0 Å². The highest BCUT2D eigenvalue weighted by atomic mass is 16.7. The van der Waals surface area contributed by atoms with Gasteiger partial charge in [0.25, 0.3) is 0 Å². The van der Waals surface area contributed by atoms with Crippen molar-refractivity contribution < 1.29 is 14.2 Å². The summed E-state index contributed by atoms with van der Waals surface area (Å²) in [6.07, 6.45) is 0. The van der Waals surface area contributed by atoms with Gasteiger partial charge in [0, 0.05) is 19.6 Å². The van der Waals surface area contributed by atoms with Crippen LogP contribution in [0, 0.1) is 6.92 Å². The van der Waals surface area contributed by atoms with Crippen molar-refractivity contribution in [1.82, 2.24) is 5.32 Å². The van der Waals surface area contributed by atoms with Gasteiger partial charge in [0.15, 0.2) is 11.5 Å². The molecule has 1 heterocycles. The number of ether oxygens (including phenoxy) is 3.